The normalized spacial score (nSPS) is 10.9. The standard InChI is InChI=1S/C14H9F3N2O/c1-9-5-6-12(19-13(9)8-18)10-3-2-4-11(7-10)20-14(15,16)17/h2-7H,1H3. The van der Waals surface area contributed by atoms with E-state index in [1.807, 2.05) is 6.07 Å². The van der Waals surface area contributed by atoms with E-state index in [2.05, 4.69) is 9.72 Å². The van der Waals surface area contributed by atoms with Crippen LogP contribution in [0, 0.1) is 18.3 Å². The average molecular weight is 278 g/mol. The zero-order chi connectivity index (χ0) is 14.8. The van der Waals surface area contributed by atoms with Crippen molar-refractivity contribution in [3.05, 3.63) is 47.7 Å². The molecule has 6 heteroatoms. The van der Waals surface area contributed by atoms with Gasteiger partial charge in [0.25, 0.3) is 0 Å². The maximum absolute atomic E-state index is 12.2. The molecule has 0 saturated heterocycles. The molecule has 1 aromatic carbocycles. The minimum Gasteiger partial charge on any atom is -0.406 e. The average Bonchev–Trinajstić information content (AvgIpc) is 2.37. The van der Waals surface area contributed by atoms with E-state index < -0.39 is 6.36 Å². The lowest BCUT2D eigenvalue weighted by Crippen LogP contribution is -2.17. The first kappa shape index (κ1) is 13.9. The first-order valence-corrected chi connectivity index (χ1v) is 5.63. The van der Waals surface area contributed by atoms with E-state index in [4.69, 9.17) is 5.26 Å². The van der Waals surface area contributed by atoms with E-state index in [1.54, 1.807) is 25.1 Å². The fourth-order valence-electron chi connectivity index (χ4n) is 1.66. The molecule has 0 amide bonds. The molecular weight excluding hydrogens is 269 g/mol. The molecule has 0 spiro atoms. The van der Waals surface area contributed by atoms with Gasteiger partial charge in [-0.3, -0.25) is 0 Å². The predicted molar refractivity (Wildman–Crippen MR) is 65.8 cm³/mol. The largest absolute Gasteiger partial charge is 0.573 e. The van der Waals surface area contributed by atoms with Crippen molar-refractivity contribution in [3.63, 3.8) is 0 Å². The minimum atomic E-state index is -4.74. The smallest absolute Gasteiger partial charge is 0.406 e. The van der Waals surface area contributed by atoms with Crippen LogP contribution in [0.25, 0.3) is 11.3 Å². The predicted octanol–water partition coefficient (Wildman–Crippen LogP) is 3.83. The van der Waals surface area contributed by atoms with Crippen molar-refractivity contribution in [2.75, 3.05) is 0 Å². The fraction of sp³-hybridized carbons (Fsp3) is 0.143. The van der Waals surface area contributed by atoms with Gasteiger partial charge in [0.05, 0.1) is 5.69 Å². The van der Waals surface area contributed by atoms with Crippen LogP contribution < -0.4 is 4.74 Å². The second-order valence-electron chi connectivity index (χ2n) is 4.05. The molecule has 0 N–H and O–H groups in total. The van der Waals surface area contributed by atoms with Crippen molar-refractivity contribution in [1.29, 1.82) is 5.26 Å². The molecule has 0 aliphatic heterocycles. The van der Waals surface area contributed by atoms with Gasteiger partial charge < -0.3 is 4.74 Å². The van der Waals surface area contributed by atoms with Gasteiger partial charge in [0.1, 0.15) is 17.5 Å². The van der Waals surface area contributed by atoms with Crippen molar-refractivity contribution in [2.24, 2.45) is 0 Å². The highest BCUT2D eigenvalue weighted by molar-refractivity contribution is 5.62. The Morgan fingerprint density at radius 1 is 1.20 bits per heavy atom. The number of nitrogens with zero attached hydrogens (tertiary/aromatic N) is 2. The molecule has 0 bridgehead atoms. The SMILES string of the molecule is Cc1ccc(-c2cccc(OC(F)(F)F)c2)nc1C#N. The summed E-state index contributed by atoms with van der Waals surface area (Å²) in [5.74, 6) is -0.323. The van der Waals surface area contributed by atoms with Crippen molar-refractivity contribution < 1.29 is 17.9 Å². The highest BCUT2D eigenvalue weighted by Crippen LogP contribution is 2.27. The summed E-state index contributed by atoms with van der Waals surface area (Å²) in [5, 5.41) is 8.91. The van der Waals surface area contributed by atoms with Gasteiger partial charge in [0, 0.05) is 5.56 Å². The number of aromatic nitrogens is 1. The van der Waals surface area contributed by atoms with Gasteiger partial charge in [-0.25, -0.2) is 4.98 Å². The molecule has 0 aliphatic rings. The van der Waals surface area contributed by atoms with E-state index >= 15 is 0 Å². The number of pyridine rings is 1. The Labute approximate surface area is 113 Å². The Balaban J connectivity index is 2.39. The third-order valence-corrected chi connectivity index (χ3v) is 2.57. The van der Waals surface area contributed by atoms with E-state index in [0.717, 1.165) is 0 Å². The Kier molecular flexibility index (Phi) is 3.61. The van der Waals surface area contributed by atoms with Gasteiger partial charge in [-0.1, -0.05) is 18.2 Å². The third-order valence-electron chi connectivity index (χ3n) is 2.57. The molecule has 2 aromatic rings. The molecule has 0 unspecified atom stereocenters. The Morgan fingerprint density at radius 2 is 1.95 bits per heavy atom. The molecule has 0 saturated carbocycles. The first-order valence-electron chi connectivity index (χ1n) is 5.63. The van der Waals surface area contributed by atoms with Crippen molar-refractivity contribution in [3.8, 4) is 23.1 Å². The van der Waals surface area contributed by atoms with Gasteiger partial charge in [-0.05, 0) is 30.7 Å². The van der Waals surface area contributed by atoms with E-state index in [-0.39, 0.29) is 11.4 Å². The Bertz CT molecular complexity index is 675. The summed E-state index contributed by atoms with van der Waals surface area (Å²) in [6.45, 7) is 1.73. The summed E-state index contributed by atoms with van der Waals surface area (Å²) in [6.07, 6.45) is -4.74. The molecule has 3 nitrogen and oxygen atoms in total. The molecule has 1 heterocycles. The van der Waals surface area contributed by atoms with Gasteiger partial charge in [-0.2, -0.15) is 5.26 Å². The summed E-state index contributed by atoms with van der Waals surface area (Å²) < 4.78 is 40.3. The fourth-order valence-corrected chi connectivity index (χ4v) is 1.66. The summed E-state index contributed by atoms with van der Waals surface area (Å²) in [7, 11) is 0. The zero-order valence-electron chi connectivity index (χ0n) is 10.4. The molecule has 0 fully saturated rings. The van der Waals surface area contributed by atoms with Crippen molar-refractivity contribution in [1.82, 2.24) is 4.98 Å². The number of ether oxygens (including phenoxy) is 1. The van der Waals surface area contributed by atoms with Gasteiger partial charge in [0.2, 0.25) is 0 Å². The van der Waals surface area contributed by atoms with Crippen LogP contribution in [0.4, 0.5) is 13.2 Å². The zero-order valence-corrected chi connectivity index (χ0v) is 10.4. The number of benzene rings is 1. The first-order chi connectivity index (χ1) is 9.39. The molecule has 102 valence electrons. The van der Waals surface area contributed by atoms with Gasteiger partial charge in [0.15, 0.2) is 0 Å². The van der Waals surface area contributed by atoms with Crippen LogP contribution in [-0.4, -0.2) is 11.3 Å². The summed E-state index contributed by atoms with van der Waals surface area (Å²) >= 11 is 0. The van der Waals surface area contributed by atoms with Crippen LogP contribution in [0.15, 0.2) is 36.4 Å². The molecule has 0 aliphatic carbocycles. The number of aryl methyl sites for hydroxylation is 1. The third kappa shape index (κ3) is 3.26. The number of hydrogen-bond acceptors (Lipinski definition) is 3. The quantitative estimate of drug-likeness (QED) is 0.838. The second-order valence-corrected chi connectivity index (χ2v) is 4.05. The molecule has 0 radical (unpaired) electrons. The summed E-state index contributed by atoms with van der Waals surface area (Å²) in [6, 6.07) is 10.7. The lowest BCUT2D eigenvalue weighted by molar-refractivity contribution is -0.274. The van der Waals surface area contributed by atoms with Crippen LogP contribution in [0.3, 0.4) is 0 Å². The lowest BCUT2D eigenvalue weighted by Gasteiger charge is -2.10. The number of halogens is 3. The summed E-state index contributed by atoms with van der Waals surface area (Å²) in [4.78, 5) is 4.10. The minimum absolute atomic E-state index is 0.240. The Hall–Kier alpha value is -2.55. The van der Waals surface area contributed by atoms with Gasteiger partial charge >= 0.3 is 6.36 Å². The van der Waals surface area contributed by atoms with Crippen LogP contribution in [0.1, 0.15) is 11.3 Å². The van der Waals surface area contributed by atoms with Gasteiger partial charge in [-0.15, -0.1) is 13.2 Å². The lowest BCUT2D eigenvalue weighted by atomic mass is 10.1. The molecule has 0 atom stereocenters. The second kappa shape index (κ2) is 5.21. The topological polar surface area (TPSA) is 45.9 Å². The highest BCUT2D eigenvalue weighted by Gasteiger charge is 2.31. The number of hydrogen-bond donors (Lipinski definition) is 0. The molecule has 1 aromatic heterocycles. The van der Waals surface area contributed by atoms with E-state index in [0.29, 0.717) is 16.8 Å². The molecule has 2 rings (SSSR count). The van der Waals surface area contributed by atoms with E-state index in [9.17, 15) is 13.2 Å². The summed E-state index contributed by atoms with van der Waals surface area (Å²) in [5.41, 5.74) is 1.81. The van der Waals surface area contributed by atoms with Crippen LogP contribution in [-0.2, 0) is 0 Å². The van der Waals surface area contributed by atoms with Crippen molar-refractivity contribution >= 4 is 0 Å². The Morgan fingerprint density at radius 3 is 2.60 bits per heavy atom. The van der Waals surface area contributed by atoms with Crippen LogP contribution in [0.5, 0.6) is 5.75 Å². The van der Waals surface area contributed by atoms with E-state index in [1.165, 1.54) is 18.2 Å². The maximum atomic E-state index is 12.2. The monoisotopic (exact) mass is 278 g/mol. The van der Waals surface area contributed by atoms with Crippen molar-refractivity contribution in [2.45, 2.75) is 13.3 Å². The maximum Gasteiger partial charge on any atom is 0.573 e. The number of rotatable bonds is 2. The molecule has 20 heavy (non-hydrogen) atoms. The molecular formula is C14H9F3N2O. The van der Waals surface area contributed by atoms with Crippen LogP contribution >= 0.6 is 0 Å². The van der Waals surface area contributed by atoms with Crippen LogP contribution in [0.2, 0.25) is 0 Å². The number of alkyl halides is 3. The highest BCUT2D eigenvalue weighted by atomic mass is 19.4. The number of nitriles is 1.